The van der Waals surface area contributed by atoms with E-state index >= 15 is 0 Å². The molecule has 2 N–H and O–H groups in total. The van der Waals surface area contributed by atoms with E-state index in [0.29, 0.717) is 30.7 Å². The summed E-state index contributed by atoms with van der Waals surface area (Å²) in [5, 5.41) is 3.29. The summed E-state index contributed by atoms with van der Waals surface area (Å²) in [6.07, 6.45) is 2.17. The van der Waals surface area contributed by atoms with Gasteiger partial charge in [-0.25, -0.2) is 13.1 Å². The highest BCUT2D eigenvalue weighted by molar-refractivity contribution is 7.89. The fourth-order valence-corrected chi connectivity index (χ4v) is 3.50. The molecule has 1 aliphatic rings. The van der Waals surface area contributed by atoms with Crippen molar-refractivity contribution in [1.29, 1.82) is 0 Å². The largest absolute Gasteiger partial charge is 0.493 e. The smallest absolute Gasteiger partial charge is 0.240 e. The lowest BCUT2D eigenvalue weighted by atomic mass is 10.0. The summed E-state index contributed by atoms with van der Waals surface area (Å²) in [6, 6.07) is 6.60. The van der Waals surface area contributed by atoms with E-state index < -0.39 is 10.0 Å². The number of nitrogens with one attached hydrogen (secondary N) is 2. The summed E-state index contributed by atoms with van der Waals surface area (Å²) in [5.41, 5.74) is 0. The van der Waals surface area contributed by atoms with Crippen molar-refractivity contribution in [3.8, 4) is 5.75 Å². The Hall–Kier alpha value is -0.820. The van der Waals surface area contributed by atoms with Crippen molar-refractivity contribution in [3.63, 3.8) is 0 Å². The van der Waals surface area contributed by atoms with Crippen LogP contribution in [0.5, 0.6) is 5.75 Å². The van der Waals surface area contributed by atoms with Gasteiger partial charge in [-0.1, -0.05) is 13.8 Å². The molecule has 1 fully saturated rings. The standard InChI is InChI=1S/C16H26N2O3S.ClH/c1-13(2)12-21-15-5-7-16(8-6-15)22(19,20)18-11-14-4-3-9-17-10-14;/h5-8,13-14,17-18H,3-4,9-12H2,1-2H3;1H. The van der Waals surface area contributed by atoms with E-state index in [1.54, 1.807) is 24.3 Å². The van der Waals surface area contributed by atoms with E-state index in [1.807, 2.05) is 0 Å². The van der Waals surface area contributed by atoms with Crippen LogP contribution in [0.25, 0.3) is 0 Å². The lowest BCUT2D eigenvalue weighted by Gasteiger charge is -2.22. The van der Waals surface area contributed by atoms with Crippen LogP contribution in [0.3, 0.4) is 0 Å². The Morgan fingerprint density at radius 3 is 2.57 bits per heavy atom. The quantitative estimate of drug-likeness (QED) is 0.781. The van der Waals surface area contributed by atoms with Crippen molar-refractivity contribution in [1.82, 2.24) is 10.0 Å². The zero-order valence-corrected chi connectivity index (χ0v) is 15.4. The molecule has 1 aromatic carbocycles. The van der Waals surface area contributed by atoms with E-state index in [-0.39, 0.29) is 17.3 Å². The van der Waals surface area contributed by atoms with Crippen LogP contribution in [0.1, 0.15) is 26.7 Å². The van der Waals surface area contributed by atoms with Crippen LogP contribution in [0.2, 0.25) is 0 Å². The summed E-state index contributed by atoms with van der Waals surface area (Å²) in [5.74, 6) is 1.51. The molecule has 0 radical (unpaired) electrons. The second-order valence-corrected chi connectivity index (χ2v) is 8.01. The number of hydrogen-bond donors (Lipinski definition) is 2. The number of piperidine rings is 1. The first kappa shape index (κ1) is 20.2. The Kier molecular flexibility index (Phi) is 8.33. The fraction of sp³-hybridized carbons (Fsp3) is 0.625. The summed E-state index contributed by atoms with van der Waals surface area (Å²) in [6.45, 7) is 7.16. The van der Waals surface area contributed by atoms with Crippen molar-refractivity contribution in [3.05, 3.63) is 24.3 Å². The molecule has 0 aliphatic carbocycles. The van der Waals surface area contributed by atoms with Crippen LogP contribution in [0.4, 0.5) is 0 Å². The van der Waals surface area contributed by atoms with E-state index in [2.05, 4.69) is 23.9 Å². The first-order chi connectivity index (χ1) is 10.5. The lowest BCUT2D eigenvalue weighted by Crippen LogP contribution is -2.38. The van der Waals surface area contributed by atoms with Gasteiger partial charge in [0.2, 0.25) is 10.0 Å². The Bertz CT molecular complexity index is 555. The number of hydrogen-bond acceptors (Lipinski definition) is 4. The van der Waals surface area contributed by atoms with E-state index in [9.17, 15) is 8.42 Å². The average molecular weight is 363 g/mol. The zero-order chi connectivity index (χ0) is 16.0. The third-order valence-corrected chi connectivity index (χ3v) is 5.12. The summed E-state index contributed by atoms with van der Waals surface area (Å²) < 4.78 is 32.8. The minimum absolute atomic E-state index is 0. The number of halogens is 1. The minimum atomic E-state index is -3.44. The highest BCUT2D eigenvalue weighted by atomic mass is 35.5. The molecule has 7 heteroatoms. The molecule has 1 unspecified atom stereocenters. The van der Waals surface area contributed by atoms with Crippen LogP contribution in [-0.4, -0.2) is 34.7 Å². The van der Waals surface area contributed by atoms with Gasteiger partial charge in [0.1, 0.15) is 5.75 Å². The van der Waals surface area contributed by atoms with Crippen molar-refractivity contribution in [2.75, 3.05) is 26.2 Å². The molecular formula is C16H27ClN2O3S. The maximum atomic E-state index is 12.3. The molecule has 1 aliphatic heterocycles. The first-order valence-corrected chi connectivity index (χ1v) is 9.39. The van der Waals surface area contributed by atoms with Crippen LogP contribution < -0.4 is 14.8 Å². The van der Waals surface area contributed by atoms with Gasteiger partial charge in [0.05, 0.1) is 11.5 Å². The monoisotopic (exact) mass is 362 g/mol. The molecule has 1 aromatic rings. The van der Waals surface area contributed by atoms with Crippen molar-refractivity contribution in [2.24, 2.45) is 11.8 Å². The fourth-order valence-electron chi connectivity index (χ4n) is 2.39. The van der Waals surface area contributed by atoms with Gasteiger partial charge in [-0.05, 0) is 62.0 Å². The SMILES string of the molecule is CC(C)COc1ccc(S(=O)(=O)NCC2CCCNC2)cc1.Cl. The summed E-state index contributed by atoms with van der Waals surface area (Å²) >= 11 is 0. The van der Waals surface area contributed by atoms with Crippen LogP contribution in [0.15, 0.2) is 29.2 Å². The second kappa shape index (κ2) is 9.47. The zero-order valence-electron chi connectivity index (χ0n) is 13.7. The molecule has 0 saturated carbocycles. The number of rotatable bonds is 7. The Morgan fingerprint density at radius 1 is 1.30 bits per heavy atom. The molecule has 5 nitrogen and oxygen atoms in total. The third-order valence-electron chi connectivity index (χ3n) is 3.68. The molecule has 1 saturated heterocycles. The molecule has 0 bridgehead atoms. The maximum absolute atomic E-state index is 12.3. The predicted molar refractivity (Wildman–Crippen MR) is 94.8 cm³/mol. The number of sulfonamides is 1. The molecule has 0 amide bonds. The van der Waals surface area contributed by atoms with Gasteiger partial charge in [0.15, 0.2) is 0 Å². The van der Waals surface area contributed by atoms with Crippen molar-refractivity contribution < 1.29 is 13.2 Å². The minimum Gasteiger partial charge on any atom is -0.493 e. The van der Waals surface area contributed by atoms with Crippen LogP contribution in [0, 0.1) is 11.8 Å². The average Bonchev–Trinajstić information content (AvgIpc) is 2.52. The van der Waals surface area contributed by atoms with E-state index in [4.69, 9.17) is 4.74 Å². The van der Waals surface area contributed by atoms with Gasteiger partial charge in [-0.15, -0.1) is 12.4 Å². The molecule has 0 spiro atoms. The normalized spacial score (nSPS) is 18.5. The second-order valence-electron chi connectivity index (χ2n) is 6.24. The highest BCUT2D eigenvalue weighted by Crippen LogP contribution is 2.17. The summed E-state index contributed by atoms with van der Waals surface area (Å²) in [4.78, 5) is 0.285. The van der Waals surface area contributed by atoms with Crippen molar-refractivity contribution >= 4 is 22.4 Å². The Morgan fingerprint density at radius 2 is 2.00 bits per heavy atom. The van der Waals surface area contributed by atoms with Gasteiger partial charge in [0.25, 0.3) is 0 Å². The molecule has 132 valence electrons. The van der Waals surface area contributed by atoms with Gasteiger partial charge < -0.3 is 10.1 Å². The summed E-state index contributed by atoms with van der Waals surface area (Å²) in [7, 11) is -3.44. The lowest BCUT2D eigenvalue weighted by molar-refractivity contribution is 0.271. The molecule has 0 aromatic heterocycles. The maximum Gasteiger partial charge on any atom is 0.240 e. The first-order valence-electron chi connectivity index (χ1n) is 7.90. The van der Waals surface area contributed by atoms with Gasteiger partial charge in [0, 0.05) is 6.54 Å². The topological polar surface area (TPSA) is 67.4 Å². The van der Waals surface area contributed by atoms with Gasteiger partial charge in [-0.2, -0.15) is 0 Å². The molecule has 1 heterocycles. The Balaban J connectivity index is 0.00000264. The molecule has 2 rings (SSSR count). The predicted octanol–water partition coefficient (Wildman–Crippen LogP) is 2.42. The molecular weight excluding hydrogens is 336 g/mol. The van der Waals surface area contributed by atoms with Crippen LogP contribution >= 0.6 is 12.4 Å². The number of benzene rings is 1. The highest BCUT2D eigenvalue weighted by Gasteiger charge is 2.18. The number of ether oxygens (including phenoxy) is 1. The van der Waals surface area contributed by atoms with Gasteiger partial charge in [-0.3, -0.25) is 0 Å². The van der Waals surface area contributed by atoms with Crippen LogP contribution in [-0.2, 0) is 10.0 Å². The molecule has 23 heavy (non-hydrogen) atoms. The van der Waals surface area contributed by atoms with Crippen molar-refractivity contribution in [2.45, 2.75) is 31.6 Å². The van der Waals surface area contributed by atoms with E-state index in [0.717, 1.165) is 25.9 Å². The van der Waals surface area contributed by atoms with Gasteiger partial charge >= 0.3 is 0 Å². The third kappa shape index (κ3) is 6.67. The Labute approximate surface area is 145 Å². The van der Waals surface area contributed by atoms with E-state index in [1.165, 1.54) is 0 Å². The molecule has 1 atom stereocenters.